The summed E-state index contributed by atoms with van der Waals surface area (Å²) in [6, 6.07) is 10.0. The summed E-state index contributed by atoms with van der Waals surface area (Å²) >= 11 is 12.0. The molecule has 0 bridgehead atoms. The fourth-order valence-corrected chi connectivity index (χ4v) is 5.66. The van der Waals surface area contributed by atoms with E-state index in [-0.39, 0.29) is 40.9 Å². The molecule has 0 aromatic heterocycles. The van der Waals surface area contributed by atoms with Gasteiger partial charge in [-0.25, -0.2) is 12.8 Å². The predicted molar refractivity (Wildman–Crippen MR) is 113 cm³/mol. The van der Waals surface area contributed by atoms with Crippen molar-refractivity contribution in [3.63, 3.8) is 0 Å². The number of sulfonamides is 1. The zero-order valence-electron chi connectivity index (χ0n) is 16.2. The lowest BCUT2D eigenvalue weighted by atomic mass is 9.82. The van der Waals surface area contributed by atoms with Crippen LogP contribution in [-0.4, -0.2) is 45.5 Å². The van der Waals surface area contributed by atoms with Gasteiger partial charge in [0, 0.05) is 36.1 Å². The number of hydrogen-bond acceptors (Lipinski definition) is 5. The minimum absolute atomic E-state index is 0.000647. The van der Waals surface area contributed by atoms with E-state index < -0.39 is 21.3 Å². The van der Waals surface area contributed by atoms with Gasteiger partial charge in [0.05, 0.1) is 17.2 Å². The van der Waals surface area contributed by atoms with E-state index in [4.69, 9.17) is 33.2 Å². The van der Waals surface area contributed by atoms with E-state index in [0.717, 1.165) is 6.07 Å². The summed E-state index contributed by atoms with van der Waals surface area (Å²) in [5.74, 6) is -0.379. The SMILES string of the molecule is CCNCC1(COc2ccc(C#N)c(F)c2)CN(S(=O)(=O)c2ccc(Cl)cc2Cl)C1. The van der Waals surface area contributed by atoms with Crippen molar-refractivity contribution in [2.75, 3.05) is 32.8 Å². The number of benzene rings is 2. The molecule has 0 spiro atoms. The molecule has 0 radical (unpaired) electrons. The largest absolute Gasteiger partial charge is 0.493 e. The number of rotatable bonds is 8. The summed E-state index contributed by atoms with van der Waals surface area (Å²) in [7, 11) is -3.78. The van der Waals surface area contributed by atoms with Crippen molar-refractivity contribution in [2.24, 2.45) is 5.41 Å². The second-order valence-electron chi connectivity index (χ2n) is 7.17. The molecule has 0 aliphatic carbocycles. The lowest BCUT2D eigenvalue weighted by molar-refractivity contribution is 0.0198. The van der Waals surface area contributed by atoms with Gasteiger partial charge in [-0.2, -0.15) is 9.57 Å². The molecule has 0 amide bonds. The summed E-state index contributed by atoms with van der Waals surface area (Å²) in [6.45, 7) is 3.82. The molecule has 1 fully saturated rings. The lowest BCUT2D eigenvalue weighted by Crippen LogP contribution is -2.64. The van der Waals surface area contributed by atoms with Crippen molar-refractivity contribution < 1.29 is 17.5 Å². The van der Waals surface area contributed by atoms with E-state index >= 15 is 0 Å². The Bertz CT molecular complexity index is 1080. The third-order valence-corrected chi connectivity index (χ3v) is 7.40. The molecule has 10 heteroatoms. The molecule has 0 saturated carbocycles. The first-order chi connectivity index (χ1) is 14.2. The quantitative estimate of drug-likeness (QED) is 0.634. The maximum absolute atomic E-state index is 13.8. The first kappa shape index (κ1) is 22.8. The molecule has 6 nitrogen and oxygen atoms in total. The van der Waals surface area contributed by atoms with E-state index in [0.29, 0.717) is 18.1 Å². The fraction of sp³-hybridized carbons (Fsp3) is 0.350. The molecule has 1 N–H and O–H groups in total. The van der Waals surface area contributed by atoms with Crippen LogP contribution < -0.4 is 10.1 Å². The van der Waals surface area contributed by atoms with E-state index in [1.807, 2.05) is 6.92 Å². The summed E-state index contributed by atoms with van der Waals surface area (Å²) in [5, 5.41) is 12.5. The molecule has 160 valence electrons. The van der Waals surface area contributed by atoms with Gasteiger partial charge in [-0.1, -0.05) is 30.1 Å². The van der Waals surface area contributed by atoms with E-state index in [2.05, 4.69) is 5.32 Å². The highest BCUT2D eigenvalue weighted by Gasteiger charge is 2.49. The Kier molecular flexibility index (Phi) is 6.90. The Morgan fingerprint density at radius 2 is 2.00 bits per heavy atom. The van der Waals surface area contributed by atoms with Crippen molar-refractivity contribution in [2.45, 2.75) is 11.8 Å². The van der Waals surface area contributed by atoms with Crippen LogP contribution in [0.2, 0.25) is 10.0 Å². The van der Waals surface area contributed by atoms with Crippen molar-refractivity contribution in [3.05, 3.63) is 57.8 Å². The Hall–Kier alpha value is -1.89. The molecule has 2 aromatic rings. The zero-order valence-corrected chi connectivity index (χ0v) is 18.5. The Balaban J connectivity index is 1.73. The molecule has 0 atom stereocenters. The summed E-state index contributed by atoms with van der Waals surface area (Å²) in [5.41, 5.74) is -0.544. The van der Waals surface area contributed by atoms with Gasteiger partial charge in [-0.05, 0) is 36.9 Å². The minimum Gasteiger partial charge on any atom is -0.493 e. The second kappa shape index (κ2) is 9.08. The van der Waals surface area contributed by atoms with Crippen LogP contribution in [0.25, 0.3) is 0 Å². The van der Waals surface area contributed by atoms with Crippen LogP contribution in [0.1, 0.15) is 12.5 Å². The van der Waals surface area contributed by atoms with Crippen LogP contribution in [-0.2, 0) is 10.0 Å². The molecule has 0 unspecified atom stereocenters. The summed E-state index contributed by atoms with van der Waals surface area (Å²) < 4.78 is 46.8. The molecule has 1 heterocycles. The molecule has 1 aliphatic rings. The zero-order chi connectivity index (χ0) is 21.9. The van der Waals surface area contributed by atoms with Crippen LogP contribution in [0.15, 0.2) is 41.3 Å². The number of nitrogens with one attached hydrogen (secondary N) is 1. The molecule has 3 rings (SSSR count). The normalized spacial score (nSPS) is 16.0. The fourth-order valence-electron chi connectivity index (χ4n) is 3.25. The Morgan fingerprint density at radius 1 is 1.27 bits per heavy atom. The van der Waals surface area contributed by atoms with Gasteiger partial charge in [-0.3, -0.25) is 0 Å². The number of nitriles is 1. The minimum atomic E-state index is -3.78. The Morgan fingerprint density at radius 3 is 2.60 bits per heavy atom. The Labute approximate surface area is 185 Å². The maximum atomic E-state index is 13.8. The number of nitrogens with zero attached hydrogens (tertiary/aromatic N) is 2. The van der Waals surface area contributed by atoms with Crippen LogP contribution in [0.5, 0.6) is 5.75 Å². The highest BCUT2D eigenvalue weighted by molar-refractivity contribution is 7.89. The van der Waals surface area contributed by atoms with Crippen molar-refractivity contribution in [1.29, 1.82) is 5.26 Å². The lowest BCUT2D eigenvalue weighted by Gasteiger charge is -2.48. The second-order valence-corrected chi connectivity index (χ2v) is 9.92. The van der Waals surface area contributed by atoms with Gasteiger partial charge < -0.3 is 10.1 Å². The summed E-state index contributed by atoms with van der Waals surface area (Å²) in [4.78, 5) is 0.000647. The summed E-state index contributed by atoms with van der Waals surface area (Å²) in [6.07, 6.45) is 0. The third kappa shape index (κ3) is 4.71. The van der Waals surface area contributed by atoms with E-state index in [1.165, 1.54) is 34.6 Å². The number of hydrogen-bond donors (Lipinski definition) is 1. The van der Waals surface area contributed by atoms with Crippen molar-refractivity contribution >= 4 is 33.2 Å². The van der Waals surface area contributed by atoms with Gasteiger partial charge in [0.15, 0.2) is 0 Å². The van der Waals surface area contributed by atoms with E-state index in [1.54, 1.807) is 6.07 Å². The predicted octanol–water partition coefficient (Wildman–Crippen LogP) is 3.68. The number of halogens is 3. The first-order valence-corrected chi connectivity index (χ1v) is 11.4. The highest BCUT2D eigenvalue weighted by atomic mass is 35.5. The van der Waals surface area contributed by atoms with Crippen LogP contribution in [0.4, 0.5) is 4.39 Å². The van der Waals surface area contributed by atoms with E-state index in [9.17, 15) is 12.8 Å². The van der Waals surface area contributed by atoms with Crippen LogP contribution in [0.3, 0.4) is 0 Å². The van der Waals surface area contributed by atoms with Gasteiger partial charge in [-0.15, -0.1) is 0 Å². The number of ether oxygens (including phenoxy) is 1. The molecule has 2 aromatic carbocycles. The average Bonchev–Trinajstić information content (AvgIpc) is 2.66. The maximum Gasteiger partial charge on any atom is 0.244 e. The monoisotopic (exact) mass is 471 g/mol. The third-order valence-electron chi connectivity index (χ3n) is 4.89. The smallest absolute Gasteiger partial charge is 0.244 e. The van der Waals surface area contributed by atoms with Gasteiger partial charge in [0.1, 0.15) is 22.5 Å². The highest BCUT2D eigenvalue weighted by Crippen LogP contribution is 2.37. The standard InChI is InChI=1S/C20H20Cl2FN3O3S/c1-2-25-10-20(13-29-16-5-3-14(9-24)18(23)8-16)11-26(12-20)30(27,28)19-6-4-15(21)7-17(19)22/h3-8,25H,2,10-13H2,1H3. The molecule has 1 aliphatic heterocycles. The van der Waals surface area contributed by atoms with Gasteiger partial charge >= 0.3 is 0 Å². The van der Waals surface area contributed by atoms with Gasteiger partial charge in [0.25, 0.3) is 0 Å². The van der Waals surface area contributed by atoms with Gasteiger partial charge in [0.2, 0.25) is 10.0 Å². The van der Waals surface area contributed by atoms with Crippen LogP contribution in [0, 0.1) is 22.6 Å². The van der Waals surface area contributed by atoms with Crippen molar-refractivity contribution in [1.82, 2.24) is 9.62 Å². The average molecular weight is 472 g/mol. The van der Waals surface area contributed by atoms with Crippen LogP contribution >= 0.6 is 23.2 Å². The molecular formula is C20H20Cl2FN3O3S. The topological polar surface area (TPSA) is 82.4 Å². The van der Waals surface area contributed by atoms with Crippen molar-refractivity contribution in [3.8, 4) is 11.8 Å². The molecular weight excluding hydrogens is 452 g/mol. The molecule has 1 saturated heterocycles. The first-order valence-electron chi connectivity index (χ1n) is 9.19. The molecule has 30 heavy (non-hydrogen) atoms.